The van der Waals surface area contributed by atoms with Crippen molar-refractivity contribution in [3.63, 3.8) is 0 Å². The Morgan fingerprint density at radius 3 is 2.00 bits per heavy atom. The number of esters is 2. The van der Waals surface area contributed by atoms with E-state index in [1.807, 2.05) is 0 Å². The first-order valence-corrected chi connectivity index (χ1v) is 8.32. The van der Waals surface area contributed by atoms with Crippen LogP contribution < -0.4 is 4.31 Å². The van der Waals surface area contributed by atoms with Crippen molar-refractivity contribution >= 4 is 27.6 Å². The van der Waals surface area contributed by atoms with Crippen LogP contribution in [0.3, 0.4) is 0 Å². The van der Waals surface area contributed by atoms with Gasteiger partial charge in [0.1, 0.15) is 0 Å². The normalized spacial score (nSPS) is 16.9. The summed E-state index contributed by atoms with van der Waals surface area (Å²) in [7, 11) is -1.02. The number of carbonyl (C=O) groups is 2. The van der Waals surface area contributed by atoms with Gasteiger partial charge in [0.2, 0.25) is 10.0 Å². The van der Waals surface area contributed by atoms with E-state index in [4.69, 9.17) is 0 Å². The predicted molar refractivity (Wildman–Crippen MR) is 79.5 cm³/mol. The smallest absolute Gasteiger partial charge is 0.337 e. The number of benzene rings is 1. The molecule has 22 heavy (non-hydrogen) atoms. The van der Waals surface area contributed by atoms with E-state index < -0.39 is 22.0 Å². The summed E-state index contributed by atoms with van der Waals surface area (Å²) >= 11 is 0. The number of hydrogen-bond donors (Lipinski definition) is 0. The van der Waals surface area contributed by atoms with Gasteiger partial charge < -0.3 is 9.47 Å². The first-order valence-electron chi connectivity index (χ1n) is 6.71. The van der Waals surface area contributed by atoms with E-state index in [9.17, 15) is 18.0 Å². The molecule has 0 unspecified atom stereocenters. The molecule has 0 atom stereocenters. The lowest BCUT2D eigenvalue weighted by Gasteiger charge is -2.28. The van der Waals surface area contributed by atoms with Crippen molar-refractivity contribution in [2.24, 2.45) is 0 Å². The number of carbonyl (C=O) groups excluding carboxylic acids is 2. The zero-order valence-corrected chi connectivity index (χ0v) is 13.2. The highest BCUT2D eigenvalue weighted by molar-refractivity contribution is 7.92. The quantitative estimate of drug-likeness (QED) is 0.775. The van der Waals surface area contributed by atoms with E-state index in [1.54, 1.807) is 0 Å². The first-order chi connectivity index (χ1) is 10.4. The average molecular weight is 327 g/mol. The summed E-state index contributed by atoms with van der Waals surface area (Å²) in [4.78, 5) is 23.5. The summed E-state index contributed by atoms with van der Waals surface area (Å²) < 4.78 is 34.9. The summed E-state index contributed by atoms with van der Waals surface area (Å²) in [5.41, 5.74) is 0.463. The van der Waals surface area contributed by atoms with Crippen LogP contribution in [0.4, 0.5) is 5.69 Å². The minimum atomic E-state index is -3.45. The van der Waals surface area contributed by atoms with E-state index in [2.05, 4.69) is 9.47 Å². The molecule has 0 radical (unpaired) electrons. The van der Waals surface area contributed by atoms with Crippen LogP contribution in [0.5, 0.6) is 0 Å². The number of rotatable bonds is 3. The van der Waals surface area contributed by atoms with Gasteiger partial charge in [0, 0.05) is 6.54 Å². The van der Waals surface area contributed by atoms with Gasteiger partial charge in [0.05, 0.1) is 36.8 Å². The van der Waals surface area contributed by atoms with Gasteiger partial charge in [-0.05, 0) is 31.0 Å². The molecule has 1 aromatic carbocycles. The molecule has 1 aliphatic rings. The molecule has 120 valence electrons. The molecule has 0 aromatic heterocycles. The number of nitrogens with zero attached hydrogens (tertiary/aromatic N) is 1. The number of hydrogen-bond acceptors (Lipinski definition) is 6. The maximum atomic E-state index is 12.2. The first kappa shape index (κ1) is 16.3. The fourth-order valence-corrected chi connectivity index (χ4v) is 3.93. The highest BCUT2D eigenvalue weighted by atomic mass is 32.2. The maximum Gasteiger partial charge on any atom is 0.337 e. The van der Waals surface area contributed by atoms with Crippen LogP contribution in [0.1, 0.15) is 33.6 Å². The molecular formula is C14H17NO6S. The van der Waals surface area contributed by atoms with E-state index >= 15 is 0 Å². The van der Waals surface area contributed by atoms with Crippen LogP contribution in [-0.2, 0) is 19.5 Å². The van der Waals surface area contributed by atoms with Gasteiger partial charge in [-0.15, -0.1) is 0 Å². The van der Waals surface area contributed by atoms with Gasteiger partial charge in [-0.25, -0.2) is 18.0 Å². The van der Waals surface area contributed by atoms with Gasteiger partial charge in [0.25, 0.3) is 0 Å². The molecule has 1 saturated heterocycles. The second kappa shape index (κ2) is 6.35. The summed E-state index contributed by atoms with van der Waals surface area (Å²) in [6, 6.07) is 4.13. The molecule has 8 heteroatoms. The van der Waals surface area contributed by atoms with Crippen LogP contribution in [0.25, 0.3) is 0 Å². The third kappa shape index (κ3) is 3.22. The molecule has 1 aromatic rings. The molecule has 0 spiro atoms. The Labute approximate surface area is 128 Å². The van der Waals surface area contributed by atoms with E-state index in [-0.39, 0.29) is 22.6 Å². The van der Waals surface area contributed by atoms with Crippen molar-refractivity contribution in [1.82, 2.24) is 0 Å². The summed E-state index contributed by atoms with van der Waals surface area (Å²) in [5, 5.41) is 0. The lowest BCUT2D eigenvalue weighted by atomic mass is 10.1. The van der Waals surface area contributed by atoms with Gasteiger partial charge >= 0.3 is 11.9 Å². The molecule has 0 N–H and O–H groups in total. The lowest BCUT2D eigenvalue weighted by Crippen LogP contribution is -2.38. The van der Waals surface area contributed by atoms with E-state index in [1.165, 1.54) is 36.7 Å². The molecule has 0 aliphatic carbocycles. The molecule has 0 bridgehead atoms. The number of ether oxygens (including phenoxy) is 2. The van der Waals surface area contributed by atoms with Crippen molar-refractivity contribution in [3.8, 4) is 0 Å². The summed E-state index contributed by atoms with van der Waals surface area (Å²) in [6.45, 7) is 0.313. The molecular weight excluding hydrogens is 310 g/mol. The summed E-state index contributed by atoms with van der Waals surface area (Å²) in [6.07, 6.45) is 1.31. The number of anilines is 1. The third-order valence-corrected chi connectivity index (χ3v) is 5.27. The average Bonchev–Trinajstić information content (AvgIpc) is 2.52. The van der Waals surface area contributed by atoms with Crippen LogP contribution in [0, 0.1) is 0 Å². The van der Waals surface area contributed by atoms with Crippen LogP contribution in [0.15, 0.2) is 18.2 Å². The standard InChI is InChI=1S/C14H17NO6S/c1-20-13(16)10-7-11(14(17)21-2)9-12(8-10)15-5-3-4-6-22(15,18)19/h7-9H,3-6H2,1-2H3. The fraction of sp³-hybridized carbons (Fsp3) is 0.429. The van der Waals surface area contributed by atoms with E-state index in [0.717, 1.165) is 6.42 Å². The minimum Gasteiger partial charge on any atom is -0.465 e. The Balaban J connectivity index is 2.54. The van der Waals surface area contributed by atoms with Crippen LogP contribution in [-0.4, -0.2) is 46.9 Å². The topological polar surface area (TPSA) is 90.0 Å². The Hall–Kier alpha value is -2.09. The minimum absolute atomic E-state index is 0.0447. The molecule has 1 aliphatic heterocycles. The second-order valence-electron chi connectivity index (χ2n) is 4.85. The van der Waals surface area contributed by atoms with Gasteiger partial charge in [-0.1, -0.05) is 0 Å². The largest absolute Gasteiger partial charge is 0.465 e. The molecule has 7 nitrogen and oxygen atoms in total. The Bertz CT molecular complexity index is 663. The zero-order valence-electron chi connectivity index (χ0n) is 12.4. The summed E-state index contributed by atoms with van der Waals surface area (Å²) in [5.74, 6) is -1.26. The Morgan fingerprint density at radius 1 is 1.00 bits per heavy atom. The molecule has 0 saturated carbocycles. The van der Waals surface area contributed by atoms with Crippen molar-refractivity contribution in [3.05, 3.63) is 29.3 Å². The van der Waals surface area contributed by atoms with Crippen molar-refractivity contribution < 1.29 is 27.5 Å². The molecule has 2 rings (SSSR count). The second-order valence-corrected chi connectivity index (χ2v) is 6.86. The zero-order chi connectivity index (χ0) is 16.3. The predicted octanol–water partition coefficient (Wildman–Crippen LogP) is 1.19. The number of sulfonamides is 1. The highest BCUT2D eigenvalue weighted by Gasteiger charge is 2.27. The van der Waals surface area contributed by atoms with Gasteiger partial charge in [-0.2, -0.15) is 0 Å². The Kier molecular flexibility index (Phi) is 4.70. The number of methoxy groups -OCH3 is 2. The van der Waals surface area contributed by atoms with E-state index in [0.29, 0.717) is 13.0 Å². The van der Waals surface area contributed by atoms with Crippen LogP contribution in [0.2, 0.25) is 0 Å². The van der Waals surface area contributed by atoms with Gasteiger partial charge in [0.15, 0.2) is 0 Å². The third-order valence-electron chi connectivity index (χ3n) is 3.40. The SMILES string of the molecule is COC(=O)c1cc(C(=O)OC)cc(N2CCCCS2(=O)=O)c1. The van der Waals surface area contributed by atoms with Gasteiger partial charge in [-0.3, -0.25) is 4.31 Å². The molecule has 1 heterocycles. The molecule has 1 fully saturated rings. The highest BCUT2D eigenvalue weighted by Crippen LogP contribution is 2.26. The molecule has 0 amide bonds. The Morgan fingerprint density at radius 2 is 1.55 bits per heavy atom. The fourth-order valence-electron chi connectivity index (χ4n) is 2.31. The van der Waals surface area contributed by atoms with Crippen molar-refractivity contribution in [1.29, 1.82) is 0 Å². The lowest BCUT2D eigenvalue weighted by molar-refractivity contribution is 0.0599. The van der Waals surface area contributed by atoms with Crippen LogP contribution >= 0.6 is 0 Å². The maximum absolute atomic E-state index is 12.2. The van der Waals surface area contributed by atoms with Crippen molar-refractivity contribution in [2.45, 2.75) is 12.8 Å². The monoisotopic (exact) mass is 327 g/mol. The van der Waals surface area contributed by atoms with Crippen molar-refractivity contribution in [2.75, 3.05) is 30.8 Å².